The smallest absolute Gasteiger partial charge is 0.337 e. The topological polar surface area (TPSA) is 92.0 Å². The molecule has 7 nitrogen and oxygen atoms in total. The Balaban J connectivity index is 1.65. The van der Waals surface area contributed by atoms with Gasteiger partial charge in [-0.2, -0.15) is 0 Å². The zero-order valence-electron chi connectivity index (χ0n) is 13.5. The van der Waals surface area contributed by atoms with Crippen molar-refractivity contribution in [1.82, 2.24) is 9.47 Å². The summed E-state index contributed by atoms with van der Waals surface area (Å²) in [6.07, 6.45) is 3.28. The van der Waals surface area contributed by atoms with Gasteiger partial charge in [0.15, 0.2) is 0 Å². The lowest BCUT2D eigenvalue weighted by Crippen LogP contribution is -2.44. The van der Waals surface area contributed by atoms with Crippen molar-refractivity contribution in [2.75, 3.05) is 13.2 Å². The highest BCUT2D eigenvalue weighted by molar-refractivity contribution is 5.98. The predicted octanol–water partition coefficient (Wildman–Crippen LogP) is 1.09. The molecule has 24 heavy (non-hydrogen) atoms. The van der Waals surface area contributed by atoms with Gasteiger partial charge in [0.2, 0.25) is 0 Å². The molecule has 2 fully saturated rings. The van der Waals surface area contributed by atoms with E-state index in [-0.39, 0.29) is 24.1 Å². The number of hydrogen-bond acceptors (Lipinski definition) is 4. The van der Waals surface area contributed by atoms with Crippen LogP contribution in [-0.4, -0.2) is 56.9 Å². The van der Waals surface area contributed by atoms with Crippen LogP contribution in [0.3, 0.4) is 0 Å². The van der Waals surface area contributed by atoms with Gasteiger partial charge in [0.25, 0.3) is 5.91 Å². The highest BCUT2D eigenvalue weighted by Gasteiger charge is 2.42. The van der Waals surface area contributed by atoms with E-state index in [0.29, 0.717) is 37.0 Å². The highest BCUT2D eigenvalue weighted by Crippen LogP contribution is 2.38. The van der Waals surface area contributed by atoms with E-state index in [9.17, 15) is 19.8 Å². The maximum absolute atomic E-state index is 13.1. The van der Waals surface area contributed by atoms with Gasteiger partial charge >= 0.3 is 5.97 Å². The molecule has 0 bridgehead atoms. The number of carboxylic acid groups (broad SMARTS) is 1. The second-order valence-electron chi connectivity index (χ2n) is 6.94. The fourth-order valence-electron chi connectivity index (χ4n) is 3.99. The van der Waals surface area contributed by atoms with Gasteiger partial charge in [-0.05, 0) is 37.7 Å². The van der Waals surface area contributed by atoms with E-state index < -0.39 is 12.1 Å². The standard InChI is InChI=1S/C17H22N2O5/c20-15(10-3-4-10)12-2-1-5-19(12)16(21)13-8-11(17(22)23)14-9-24-7-6-18(13)14/h8,10,12,15,20H,1-7,9H2,(H,22,23). The van der Waals surface area contributed by atoms with Crippen molar-refractivity contribution in [2.24, 2.45) is 5.92 Å². The molecule has 2 unspecified atom stereocenters. The van der Waals surface area contributed by atoms with Crippen molar-refractivity contribution < 1.29 is 24.5 Å². The maximum atomic E-state index is 13.1. The summed E-state index contributed by atoms with van der Waals surface area (Å²) in [7, 11) is 0. The average molecular weight is 334 g/mol. The molecule has 3 aliphatic rings. The molecular weight excluding hydrogens is 312 g/mol. The van der Waals surface area contributed by atoms with Crippen LogP contribution in [0.1, 0.15) is 52.2 Å². The molecule has 0 radical (unpaired) electrons. The first-order chi connectivity index (χ1) is 11.6. The second-order valence-corrected chi connectivity index (χ2v) is 6.94. The first-order valence-electron chi connectivity index (χ1n) is 8.60. The van der Waals surface area contributed by atoms with E-state index >= 15 is 0 Å². The van der Waals surface area contributed by atoms with Gasteiger partial charge < -0.3 is 24.4 Å². The number of hydrogen-bond donors (Lipinski definition) is 2. The molecular formula is C17H22N2O5. The van der Waals surface area contributed by atoms with Gasteiger partial charge in [0.05, 0.1) is 36.6 Å². The Bertz CT molecular complexity index is 679. The van der Waals surface area contributed by atoms with E-state index in [0.717, 1.165) is 25.7 Å². The molecule has 4 rings (SSSR count). The summed E-state index contributed by atoms with van der Waals surface area (Å²) in [5, 5.41) is 19.9. The van der Waals surface area contributed by atoms with Crippen molar-refractivity contribution in [2.45, 2.75) is 51.0 Å². The van der Waals surface area contributed by atoms with Crippen molar-refractivity contribution in [1.29, 1.82) is 0 Å². The minimum atomic E-state index is -1.04. The van der Waals surface area contributed by atoms with Crippen LogP contribution in [0.15, 0.2) is 6.07 Å². The van der Waals surface area contributed by atoms with Gasteiger partial charge in [0.1, 0.15) is 5.69 Å². The molecule has 2 N–H and O–H groups in total. The normalized spacial score (nSPS) is 24.7. The number of fused-ring (bicyclic) bond motifs is 1. The largest absolute Gasteiger partial charge is 0.478 e. The first-order valence-corrected chi connectivity index (χ1v) is 8.60. The summed E-state index contributed by atoms with van der Waals surface area (Å²) >= 11 is 0. The summed E-state index contributed by atoms with van der Waals surface area (Å²) in [6.45, 7) is 1.78. The number of carbonyl (C=O) groups is 2. The fraction of sp³-hybridized carbons (Fsp3) is 0.647. The Kier molecular flexibility index (Phi) is 3.85. The molecule has 7 heteroatoms. The fourth-order valence-corrected chi connectivity index (χ4v) is 3.99. The maximum Gasteiger partial charge on any atom is 0.337 e. The monoisotopic (exact) mass is 334 g/mol. The van der Waals surface area contributed by atoms with E-state index in [1.807, 2.05) is 0 Å². The predicted molar refractivity (Wildman–Crippen MR) is 83.8 cm³/mol. The van der Waals surface area contributed by atoms with Crippen LogP contribution in [0.25, 0.3) is 0 Å². The number of aliphatic hydroxyl groups is 1. The number of aromatic nitrogens is 1. The minimum Gasteiger partial charge on any atom is -0.478 e. The molecule has 1 aromatic rings. The molecule has 3 heterocycles. The van der Waals surface area contributed by atoms with Gasteiger partial charge in [-0.3, -0.25) is 4.79 Å². The molecule has 0 spiro atoms. The van der Waals surface area contributed by atoms with Crippen molar-refractivity contribution in [3.63, 3.8) is 0 Å². The number of aromatic carboxylic acids is 1. The molecule has 2 aliphatic heterocycles. The highest BCUT2D eigenvalue weighted by atomic mass is 16.5. The molecule has 1 saturated heterocycles. The second kappa shape index (κ2) is 5.89. The zero-order chi connectivity index (χ0) is 16.8. The number of likely N-dealkylation sites (tertiary alicyclic amines) is 1. The van der Waals surface area contributed by atoms with Crippen molar-refractivity contribution >= 4 is 11.9 Å². The molecule has 1 aromatic heterocycles. The van der Waals surface area contributed by atoms with Crippen LogP contribution in [0.5, 0.6) is 0 Å². The third kappa shape index (κ3) is 2.52. The molecule has 130 valence electrons. The number of carbonyl (C=O) groups excluding carboxylic acids is 1. The van der Waals surface area contributed by atoms with Crippen LogP contribution in [0, 0.1) is 5.92 Å². The number of rotatable bonds is 4. The molecule has 1 aliphatic carbocycles. The van der Waals surface area contributed by atoms with Gasteiger partial charge in [-0.1, -0.05) is 0 Å². The van der Waals surface area contributed by atoms with E-state index in [4.69, 9.17) is 4.74 Å². The Hall–Kier alpha value is -1.86. The Morgan fingerprint density at radius 2 is 2.04 bits per heavy atom. The summed E-state index contributed by atoms with van der Waals surface area (Å²) in [6, 6.07) is 1.32. The van der Waals surface area contributed by atoms with Gasteiger partial charge in [-0.15, -0.1) is 0 Å². The average Bonchev–Trinajstić information content (AvgIpc) is 3.18. The first kappa shape index (κ1) is 15.7. The third-order valence-electron chi connectivity index (χ3n) is 5.42. The number of ether oxygens (including phenoxy) is 1. The Labute approximate surface area is 139 Å². The number of carboxylic acids is 1. The van der Waals surface area contributed by atoms with Crippen molar-refractivity contribution in [3.8, 4) is 0 Å². The number of nitrogens with zero attached hydrogens (tertiary/aromatic N) is 2. The lowest BCUT2D eigenvalue weighted by atomic mass is 10.0. The number of amides is 1. The quantitative estimate of drug-likeness (QED) is 0.860. The third-order valence-corrected chi connectivity index (χ3v) is 5.42. The van der Waals surface area contributed by atoms with Crippen LogP contribution in [0.2, 0.25) is 0 Å². The van der Waals surface area contributed by atoms with Gasteiger partial charge in [0, 0.05) is 13.1 Å². The summed E-state index contributed by atoms with van der Waals surface area (Å²) in [4.78, 5) is 26.3. The van der Waals surface area contributed by atoms with Crippen LogP contribution >= 0.6 is 0 Å². The molecule has 1 saturated carbocycles. The summed E-state index contributed by atoms with van der Waals surface area (Å²) in [5.41, 5.74) is 1.09. The Morgan fingerprint density at radius 3 is 2.75 bits per heavy atom. The van der Waals surface area contributed by atoms with Crippen molar-refractivity contribution in [3.05, 3.63) is 23.0 Å². The Morgan fingerprint density at radius 1 is 1.25 bits per heavy atom. The molecule has 0 aromatic carbocycles. The van der Waals surface area contributed by atoms with Gasteiger partial charge in [-0.25, -0.2) is 4.79 Å². The minimum absolute atomic E-state index is 0.136. The molecule has 2 atom stereocenters. The lowest BCUT2D eigenvalue weighted by molar-refractivity contribution is 0.0397. The van der Waals surface area contributed by atoms with E-state index in [1.165, 1.54) is 6.07 Å². The van der Waals surface area contributed by atoms with E-state index in [1.54, 1.807) is 9.47 Å². The molecule has 1 amide bonds. The van der Waals surface area contributed by atoms with Crippen LogP contribution in [-0.2, 0) is 17.9 Å². The van der Waals surface area contributed by atoms with E-state index in [2.05, 4.69) is 0 Å². The zero-order valence-corrected chi connectivity index (χ0v) is 13.5. The lowest BCUT2D eigenvalue weighted by Gasteiger charge is -2.29. The van der Waals surface area contributed by atoms with Crippen LogP contribution < -0.4 is 0 Å². The number of aliphatic hydroxyl groups excluding tert-OH is 1. The summed E-state index contributed by atoms with van der Waals surface area (Å²) in [5.74, 6) is -0.903. The SMILES string of the molecule is O=C(O)c1cc(C(=O)N2CCCC2C(O)C2CC2)n2c1COCC2. The van der Waals surface area contributed by atoms with Crippen LogP contribution in [0.4, 0.5) is 0 Å². The summed E-state index contributed by atoms with van der Waals surface area (Å²) < 4.78 is 7.13.